The third-order valence-electron chi connectivity index (χ3n) is 3.03. The molecule has 0 spiro atoms. The van der Waals surface area contributed by atoms with Crippen LogP contribution in [-0.4, -0.2) is 26.8 Å². The predicted molar refractivity (Wildman–Crippen MR) is 98.9 cm³/mol. The third kappa shape index (κ3) is 4.78. The molecule has 130 valence electrons. The molecule has 0 unspecified atom stereocenters. The van der Waals surface area contributed by atoms with Gasteiger partial charge in [0.15, 0.2) is 0 Å². The zero-order chi connectivity index (χ0) is 17.6. The number of hydrogen-bond donors (Lipinski definition) is 0. The second-order valence-electron chi connectivity index (χ2n) is 4.80. The van der Waals surface area contributed by atoms with E-state index in [9.17, 15) is 0 Å². The molecule has 0 saturated carbocycles. The highest BCUT2D eigenvalue weighted by Gasteiger charge is 2.06. The number of aromatic nitrogens is 3. The summed E-state index contributed by atoms with van der Waals surface area (Å²) in [6, 6.07) is 8.67. The molecular formula is C16H14Cl2N4O2S. The smallest absolute Gasteiger partial charge is 0.211 e. The monoisotopic (exact) mass is 396 g/mol. The molecule has 0 N–H and O–H groups in total. The number of nitrogens with zero attached hydrogens (tertiary/aromatic N) is 4. The van der Waals surface area contributed by atoms with E-state index in [-0.39, 0.29) is 6.61 Å². The molecule has 2 aromatic heterocycles. The SMILES string of the molecule is CCSc1nncn1/N=C\c1ccc(COc2cc(Cl)ccc2Cl)o1. The summed E-state index contributed by atoms with van der Waals surface area (Å²) < 4.78 is 12.9. The van der Waals surface area contributed by atoms with Crippen molar-refractivity contribution in [2.45, 2.75) is 18.7 Å². The molecular weight excluding hydrogens is 383 g/mol. The van der Waals surface area contributed by atoms with Crippen molar-refractivity contribution in [2.75, 3.05) is 5.75 Å². The van der Waals surface area contributed by atoms with Crippen molar-refractivity contribution < 1.29 is 9.15 Å². The molecule has 9 heteroatoms. The molecule has 0 bridgehead atoms. The van der Waals surface area contributed by atoms with E-state index in [0.717, 1.165) is 10.9 Å². The number of benzene rings is 1. The fourth-order valence-corrected chi connectivity index (χ4v) is 2.84. The molecule has 6 nitrogen and oxygen atoms in total. The van der Waals surface area contributed by atoms with E-state index in [2.05, 4.69) is 15.3 Å². The first-order chi connectivity index (χ1) is 12.2. The lowest BCUT2D eigenvalue weighted by Gasteiger charge is -2.06. The van der Waals surface area contributed by atoms with Crippen LogP contribution in [0.1, 0.15) is 18.4 Å². The van der Waals surface area contributed by atoms with Gasteiger partial charge in [-0.05, 0) is 30.0 Å². The van der Waals surface area contributed by atoms with Crippen molar-refractivity contribution >= 4 is 41.2 Å². The van der Waals surface area contributed by atoms with Gasteiger partial charge in [-0.2, -0.15) is 9.78 Å². The van der Waals surface area contributed by atoms with Crippen molar-refractivity contribution in [1.82, 2.24) is 14.9 Å². The van der Waals surface area contributed by atoms with E-state index in [0.29, 0.717) is 27.3 Å². The van der Waals surface area contributed by atoms with Gasteiger partial charge in [0.05, 0.1) is 11.2 Å². The Morgan fingerprint density at radius 2 is 2.20 bits per heavy atom. The standard InChI is InChI=1S/C16H14Cl2N4O2S/c1-2-25-16-21-19-10-22(16)20-8-12-4-5-13(24-12)9-23-15-7-11(17)3-6-14(15)18/h3-8,10H,2,9H2,1H3/b20-8-. The summed E-state index contributed by atoms with van der Waals surface area (Å²) >= 11 is 13.6. The minimum absolute atomic E-state index is 0.234. The van der Waals surface area contributed by atoms with Crippen molar-refractivity contribution in [3.63, 3.8) is 0 Å². The lowest BCUT2D eigenvalue weighted by Crippen LogP contribution is -1.94. The molecule has 0 saturated heterocycles. The number of halogens is 2. The van der Waals surface area contributed by atoms with E-state index in [1.807, 2.05) is 13.0 Å². The van der Waals surface area contributed by atoms with Crippen LogP contribution in [-0.2, 0) is 6.61 Å². The first-order valence-corrected chi connectivity index (χ1v) is 9.13. The average Bonchev–Trinajstić information content (AvgIpc) is 3.23. The van der Waals surface area contributed by atoms with Crippen molar-refractivity contribution in [2.24, 2.45) is 5.10 Å². The van der Waals surface area contributed by atoms with Crippen LogP contribution in [0.15, 0.2) is 51.3 Å². The largest absolute Gasteiger partial charge is 0.484 e. The fraction of sp³-hybridized carbons (Fsp3) is 0.188. The fourth-order valence-electron chi connectivity index (χ4n) is 1.92. The van der Waals surface area contributed by atoms with Crippen LogP contribution in [0.4, 0.5) is 0 Å². The second kappa shape index (κ2) is 8.42. The molecule has 25 heavy (non-hydrogen) atoms. The highest BCUT2D eigenvalue weighted by molar-refractivity contribution is 7.99. The minimum Gasteiger partial charge on any atom is -0.484 e. The Balaban J connectivity index is 1.63. The van der Waals surface area contributed by atoms with Gasteiger partial charge in [0.1, 0.15) is 30.2 Å². The molecule has 0 aliphatic carbocycles. The topological polar surface area (TPSA) is 65.4 Å². The van der Waals surface area contributed by atoms with Gasteiger partial charge in [-0.15, -0.1) is 10.2 Å². The van der Waals surface area contributed by atoms with Gasteiger partial charge < -0.3 is 9.15 Å². The number of furan rings is 1. The molecule has 2 heterocycles. The maximum atomic E-state index is 6.06. The normalized spacial score (nSPS) is 11.3. The van der Waals surface area contributed by atoms with Gasteiger partial charge in [0.2, 0.25) is 5.16 Å². The van der Waals surface area contributed by atoms with Crippen LogP contribution in [0.5, 0.6) is 5.75 Å². The molecule has 3 rings (SSSR count). The predicted octanol–water partition coefficient (Wildman–Crippen LogP) is 4.75. The Morgan fingerprint density at radius 1 is 1.32 bits per heavy atom. The number of ether oxygens (including phenoxy) is 1. The number of hydrogen-bond acceptors (Lipinski definition) is 6. The first-order valence-electron chi connectivity index (χ1n) is 7.39. The van der Waals surface area contributed by atoms with Gasteiger partial charge in [-0.3, -0.25) is 0 Å². The lowest BCUT2D eigenvalue weighted by molar-refractivity contribution is 0.270. The summed E-state index contributed by atoms with van der Waals surface area (Å²) in [7, 11) is 0. The maximum absolute atomic E-state index is 6.06. The second-order valence-corrected chi connectivity index (χ2v) is 6.88. The molecule has 0 atom stereocenters. The average molecular weight is 397 g/mol. The summed E-state index contributed by atoms with van der Waals surface area (Å²) in [6.45, 7) is 2.27. The summed E-state index contributed by atoms with van der Waals surface area (Å²) in [5, 5.41) is 13.9. The zero-order valence-electron chi connectivity index (χ0n) is 13.2. The molecule has 0 radical (unpaired) electrons. The third-order valence-corrected chi connectivity index (χ3v) is 4.39. The van der Waals surface area contributed by atoms with Gasteiger partial charge in [-0.1, -0.05) is 41.9 Å². The Morgan fingerprint density at radius 3 is 3.04 bits per heavy atom. The number of rotatable bonds is 7. The van der Waals surface area contributed by atoms with E-state index >= 15 is 0 Å². The highest BCUT2D eigenvalue weighted by Crippen LogP contribution is 2.28. The zero-order valence-corrected chi connectivity index (χ0v) is 15.6. The lowest BCUT2D eigenvalue weighted by atomic mass is 10.3. The van der Waals surface area contributed by atoms with Crippen LogP contribution < -0.4 is 4.74 Å². The van der Waals surface area contributed by atoms with Gasteiger partial charge in [-0.25, -0.2) is 0 Å². The molecule has 3 aromatic rings. The molecule has 0 aliphatic heterocycles. The molecule has 1 aromatic carbocycles. The van der Waals surface area contributed by atoms with Crippen molar-refractivity contribution in [3.8, 4) is 5.75 Å². The van der Waals surface area contributed by atoms with Crippen molar-refractivity contribution in [1.29, 1.82) is 0 Å². The number of thioether (sulfide) groups is 1. The quantitative estimate of drug-likeness (QED) is 0.425. The van der Waals surface area contributed by atoms with Crippen LogP contribution in [0.3, 0.4) is 0 Å². The summed E-state index contributed by atoms with van der Waals surface area (Å²) in [6.07, 6.45) is 3.14. The molecule has 0 fully saturated rings. The van der Waals surface area contributed by atoms with E-state index in [1.165, 1.54) is 0 Å². The molecule has 0 amide bonds. The van der Waals surface area contributed by atoms with Crippen LogP contribution in [0.25, 0.3) is 0 Å². The highest BCUT2D eigenvalue weighted by atomic mass is 35.5. The Bertz CT molecular complexity index is 879. The van der Waals surface area contributed by atoms with Gasteiger partial charge in [0, 0.05) is 11.1 Å². The van der Waals surface area contributed by atoms with Gasteiger partial charge >= 0.3 is 0 Å². The summed E-state index contributed by atoms with van der Waals surface area (Å²) in [5.41, 5.74) is 0. The Hall–Kier alpha value is -1.96. The van der Waals surface area contributed by atoms with E-state index in [4.69, 9.17) is 32.4 Å². The Kier molecular flexibility index (Phi) is 6.01. The summed E-state index contributed by atoms with van der Waals surface area (Å²) in [4.78, 5) is 0. The van der Waals surface area contributed by atoms with Crippen LogP contribution >= 0.6 is 35.0 Å². The Labute approximate surface area is 158 Å². The molecule has 0 aliphatic rings. The maximum Gasteiger partial charge on any atom is 0.211 e. The van der Waals surface area contributed by atoms with E-state index in [1.54, 1.807) is 53.2 Å². The van der Waals surface area contributed by atoms with Crippen LogP contribution in [0, 0.1) is 0 Å². The minimum atomic E-state index is 0.234. The van der Waals surface area contributed by atoms with Crippen molar-refractivity contribution in [3.05, 3.63) is 58.2 Å². The first kappa shape index (κ1) is 17.8. The van der Waals surface area contributed by atoms with Gasteiger partial charge in [0.25, 0.3) is 0 Å². The summed E-state index contributed by atoms with van der Waals surface area (Å²) in [5.74, 6) is 2.63. The van der Waals surface area contributed by atoms with E-state index < -0.39 is 0 Å². The van der Waals surface area contributed by atoms with Crippen LogP contribution in [0.2, 0.25) is 10.0 Å².